The van der Waals surface area contributed by atoms with Gasteiger partial charge in [-0.1, -0.05) is 20.8 Å². The van der Waals surface area contributed by atoms with E-state index in [2.05, 4.69) is 31.1 Å². The zero-order valence-electron chi connectivity index (χ0n) is 9.63. The van der Waals surface area contributed by atoms with Crippen molar-refractivity contribution in [3.05, 3.63) is 29.8 Å². The van der Waals surface area contributed by atoms with E-state index >= 15 is 0 Å². The van der Waals surface area contributed by atoms with E-state index in [0.717, 1.165) is 18.5 Å². The highest BCUT2D eigenvalue weighted by atomic mass is 19.1. The molecule has 0 fully saturated rings. The molecule has 0 aliphatic rings. The van der Waals surface area contributed by atoms with E-state index in [1.165, 1.54) is 6.20 Å². The van der Waals surface area contributed by atoms with Crippen molar-refractivity contribution in [2.75, 3.05) is 6.54 Å². The molecular formula is C12H19FN2. The van der Waals surface area contributed by atoms with Crippen LogP contribution in [-0.2, 0) is 6.42 Å². The minimum Gasteiger partial charge on any atom is -0.314 e. The van der Waals surface area contributed by atoms with Crippen LogP contribution in [0, 0.1) is 11.7 Å². The van der Waals surface area contributed by atoms with Crippen molar-refractivity contribution in [3.63, 3.8) is 0 Å². The number of hydrogen-bond acceptors (Lipinski definition) is 2. The van der Waals surface area contributed by atoms with Crippen molar-refractivity contribution < 1.29 is 4.39 Å². The van der Waals surface area contributed by atoms with E-state index in [4.69, 9.17) is 0 Å². The van der Waals surface area contributed by atoms with E-state index < -0.39 is 0 Å². The molecule has 0 aliphatic carbocycles. The Labute approximate surface area is 90.9 Å². The van der Waals surface area contributed by atoms with Crippen molar-refractivity contribution in [2.45, 2.75) is 33.2 Å². The molecule has 0 aliphatic heterocycles. The molecule has 3 heteroatoms. The summed E-state index contributed by atoms with van der Waals surface area (Å²) < 4.78 is 13.3. The van der Waals surface area contributed by atoms with Crippen LogP contribution in [-0.4, -0.2) is 17.6 Å². The topological polar surface area (TPSA) is 24.9 Å². The first-order valence-electron chi connectivity index (χ1n) is 5.41. The van der Waals surface area contributed by atoms with Gasteiger partial charge in [-0.2, -0.15) is 0 Å². The highest BCUT2D eigenvalue weighted by Crippen LogP contribution is 2.10. The molecule has 84 valence electrons. The molecular weight excluding hydrogens is 191 g/mol. The summed E-state index contributed by atoms with van der Waals surface area (Å²) in [6.07, 6.45) is 3.67. The van der Waals surface area contributed by atoms with Crippen molar-refractivity contribution in [3.8, 4) is 0 Å². The SMILES string of the molecule is CC(CNC(C)C)Cc1ccncc1F. The van der Waals surface area contributed by atoms with E-state index in [9.17, 15) is 4.39 Å². The van der Waals surface area contributed by atoms with Gasteiger partial charge < -0.3 is 5.32 Å². The Kier molecular flexibility index (Phi) is 4.69. The Balaban J connectivity index is 2.44. The Morgan fingerprint density at radius 3 is 2.73 bits per heavy atom. The van der Waals surface area contributed by atoms with Gasteiger partial charge in [0.15, 0.2) is 0 Å². The maximum atomic E-state index is 13.3. The molecule has 2 nitrogen and oxygen atoms in total. The second-order valence-electron chi connectivity index (χ2n) is 4.34. The molecule has 1 heterocycles. The predicted octanol–water partition coefficient (Wildman–Crippen LogP) is 2.40. The number of nitrogens with one attached hydrogen (secondary N) is 1. The number of pyridine rings is 1. The number of hydrogen-bond donors (Lipinski definition) is 1. The Morgan fingerprint density at radius 2 is 2.13 bits per heavy atom. The first-order chi connectivity index (χ1) is 7.09. The molecule has 1 atom stereocenters. The van der Waals surface area contributed by atoms with Crippen LogP contribution < -0.4 is 5.32 Å². The van der Waals surface area contributed by atoms with Crippen LogP contribution in [0.5, 0.6) is 0 Å². The molecule has 0 spiro atoms. The molecule has 1 rings (SSSR count). The van der Waals surface area contributed by atoms with Gasteiger partial charge in [-0.15, -0.1) is 0 Å². The van der Waals surface area contributed by atoms with E-state index in [1.807, 2.05) is 0 Å². The first kappa shape index (κ1) is 12.1. The fourth-order valence-electron chi connectivity index (χ4n) is 1.45. The normalized spacial score (nSPS) is 13.1. The van der Waals surface area contributed by atoms with E-state index in [0.29, 0.717) is 12.0 Å². The summed E-state index contributed by atoms with van der Waals surface area (Å²) >= 11 is 0. The molecule has 15 heavy (non-hydrogen) atoms. The Hall–Kier alpha value is -0.960. The minimum absolute atomic E-state index is 0.200. The number of halogens is 1. The highest BCUT2D eigenvalue weighted by Gasteiger charge is 2.07. The smallest absolute Gasteiger partial charge is 0.144 e. The molecule has 0 amide bonds. The summed E-state index contributed by atoms with van der Waals surface area (Å²) in [5, 5.41) is 3.35. The third-order valence-corrected chi connectivity index (χ3v) is 2.30. The summed E-state index contributed by atoms with van der Waals surface area (Å²) in [7, 11) is 0. The van der Waals surface area contributed by atoms with Gasteiger partial charge in [0.2, 0.25) is 0 Å². The summed E-state index contributed by atoms with van der Waals surface area (Å²) in [5.41, 5.74) is 0.753. The van der Waals surface area contributed by atoms with Gasteiger partial charge in [-0.05, 0) is 30.5 Å². The predicted molar refractivity (Wildman–Crippen MR) is 60.2 cm³/mol. The molecule has 0 bridgehead atoms. The van der Waals surface area contributed by atoms with E-state index in [1.54, 1.807) is 12.3 Å². The Bertz CT molecular complexity index is 299. The zero-order chi connectivity index (χ0) is 11.3. The van der Waals surface area contributed by atoms with E-state index in [-0.39, 0.29) is 5.82 Å². The van der Waals surface area contributed by atoms with Crippen molar-refractivity contribution in [1.82, 2.24) is 10.3 Å². The zero-order valence-corrected chi connectivity index (χ0v) is 9.63. The lowest BCUT2D eigenvalue weighted by atomic mass is 10.0. The van der Waals surface area contributed by atoms with Crippen molar-refractivity contribution >= 4 is 0 Å². The van der Waals surface area contributed by atoms with Crippen LogP contribution in [0.2, 0.25) is 0 Å². The second-order valence-corrected chi connectivity index (χ2v) is 4.34. The van der Waals surface area contributed by atoms with Gasteiger partial charge in [0, 0.05) is 12.2 Å². The van der Waals surface area contributed by atoms with Crippen LogP contribution in [0.15, 0.2) is 18.5 Å². The quantitative estimate of drug-likeness (QED) is 0.807. The molecule has 0 aromatic carbocycles. The fourth-order valence-corrected chi connectivity index (χ4v) is 1.45. The van der Waals surface area contributed by atoms with Crippen molar-refractivity contribution in [2.24, 2.45) is 5.92 Å². The lowest BCUT2D eigenvalue weighted by Gasteiger charge is -2.15. The summed E-state index contributed by atoms with van der Waals surface area (Å²) in [5.74, 6) is 0.234. The van der Waals surface area contributed by atoms with Gasteiger partial charge in [0.25, 0.3) is 0 Å². The first-order valence-corrected chi connectivity index (χ1v) is 5.41. The number of rotatable bonds is 5. The van der Waals surface area contributed by atoms with Crippen LogP contribution in [0.3, 0.4) is 0 Å². The molecule has 0 saturated heterocycles. The average molecular weight is 210 g/mol. The van der Waals surface area contributed by atoms with Gasteiger partial charge in [-0.3, -0.25) is 4.98 Å². The number of aromatic nitrogens is 1. The molecule has 1 N–H and O–H groups in total. The largest absolute Gasteiger partial charge is 0.314 e. The lowest BCUT2D eigenvalue weighted by Crippen LogP contribution is -2.28. The number of nitrogens with zero attached hydrogens (tertiary/aromatic N) is 1. The average Bonchev–Trinajstić information content (AvgIpc) is 2.18. The van der Waals surface area contributed by atoms with Crippen LogP contribution in [0.4, 0.5) is 4.39 Å². The molecule has 0 saturated carbocycles. The van der Waals surface area contributed by atoms with Gasteiger partial charge in [-0.25, -0.2) is 4.39 Å². The standard InChI is InChI=1S/C12H19FN2/c1-9(2)15-7-10(3)6-11-4-5-14-8-12(11)13/h4-5,8-10,15H,6-7H2,1-3H3. The van der Waals surface area contributed by atoms with Gasteiger partial charge in [0.1, 0.15) is 5.82 Å². The Morgan fingerprint density at radius 1 is 1.40 bits per heavy atom. The molecule has 1 aromatic heterocycles. The second kappa shape index (κ2) is 5.81. The fraction of sp³-hybridized carbons (Fsp3) is 0.583. The van der Waals surface area contributed by atoms with Crippen LogP contribution in [0.25, 0.3) is 0 Å². The summed E-state index contributed by atoms with van der Waals surface area (Å²) in [6.45, 7) is 7.26. The molecule has 0 radical (unpaired) electrons. The molecule has 1 unspecified atom stereocenters. The third kappa shape index (κ3) is 4.38. The van der Waals surface area contributed by atoms with Gasteiger partial charge >= 0.3 is 0 Å². The lowest BCUT2D eigenvalue weighted by molar-refractivity contribution is 0.467. The minimum atomic E-state index is -0.200. The van der Waals surface area contributed by atoms with Crippen LogP contribution in [0.1, 0.15) is 26.3 Å². The monoisotopic (exact) mass is 210 g/mol. The summed E-state index contributed by atoms with van der Waals surface area (Å²) in [4.78, 5) is 3.74. The third-order valence-electron chi connectivity index (χ3n) is 2.30. The maximum Gasteiger partial charge on any atom is 0.144 e. The summed E-state index contributed by atoms with van der Waals surface area (Å²) in [6, 6.07) is 2.23. The molecule has 1 aromatic rings. The highest BCUT2D eigenvalue weighted by molar-refractivity contribution is 5.13. The van der Waals surface area contributed by atoms with Gasteiger partial charge in [0.05, 0.1) is 6.20 Å². The van der Waals surface area contributed by atoms with Crippen molar-refractivity contribution in [1.29, 1.82) is 0 Å². The maximum absolute atomic E-state index is 13.3. The van der Waals surface area contributed by atoms with Crippen LogP contribution >= 0.6 is 0 Å².